The van der Waals surface area contributed by atoms with Gasteiger partial charge in [0.1, 0.15) is 12.4 Å². The third kappa shape index (κ3) is 3.71. The molecule has 0 aliphatic rings. The predicted octanol–water partition coefficient (Wildman–Crippen LogP) is 3.55. The summed E-state index contributed by atoms with van der Waals surface area (Å²) in [6.45, 7) is 0.681. The number of nitrogens with zero attached hydrogens (tertiary/aromatic N) is 1. The minimum Gasteiger partial charge on any atom is -0.488 e. The van der Waals surface area contributed by atoms with Gasteiger partial charge in [0.25, 0.3) is 5.69 Å². The predicted molar refractivity (Wildman–Crippen MR) is 81.6 cm³/mol. The van der Waals surface area contributed by atoms with Crippen molar-refractivity contribution in [2.24, 2.45) is 0 Å². The lowest BCUT2D eigenvalue weighted by molar-refractivity contribution is -0.385. The van der Waals surface area contributed by atoms with Crippen LogP contribution in [0.4, 0.5) is 5.69 Å². The molecule has 0 aromatic heterocycles. The minimum absolute atomic E-state index is 0.0506. The number of hydrogen-bond donors (Lipinski definition) is 1. The monoisotopic (exact) mass is 306 g/mol. The highest BCUT2D eigenvalue weighted by Gasteiger charge is 2.14. The Labute approximate surface area is 127 Å². The van der Waals surface area contributed by atoms with E-state index in [2.05, 4.69) is 5.32 Å². The molecule has 5 nitrogen and oxygen atoms in total. The van der Waals surface area contributed by atoms with E-state index in [4.69, 9.17) is 16.3 Å². The number of ether oxygens (including phenoxy) is 1. The summed E-state index contributed by atoms with van der Waals surface area (Å²) in [5.41, 5.74) is 1.41. The molecule has 21 heavy (non-hydrogen) atoms. The van der Waals surface area contributed by atoms with Gasteiger partial charge < -0.3 is 10.1 Å². The Morgan fingerprint density at radius 2 is 2.00 bits per heavy atom. The third-order valence-electron chi connectivity index (χ3n) is 3.00. The Morgan fingerprint density at radius 1 is 1.24 bits per heavy atom. The van der Waals surface area contributed by atoms with Gasteiger partial charge in [0, 0.05) is 23.2 Å². The lowest BCUT2D eigenvalue weighted by Gasteiger charge is -2.12. The summed E-state index contributed by atoms with van der Waals surface area (Å²) in [7, 11) is 1.81. The van der Waals surface area contributed by atoms with E-state index >= 15 is 0 Å². The van der Waals surface area contributed by atoms with Crippen molar-refractivity contribution in [3.8, 4) is 5.75 Å². The van der Waals surface area contributed by atoms with E-state index in [1.165, 1.54) is 6.07 Å². The number of rotatable bonds is 6. The molecule has 0 saturated heterocycles. The number of nitrogens with one attached hydrogen (secondary N) is 1. The molecule has 0 spiro atoms. The van der Waals surface area contributed by atoms with Gasteiger partial charge >= 0.3 is 0 Å². The maximum absolute atomic E-state index is 11.0. The molecule has 2 aromatic carbocycles. The minimum atomic E-state index is -0.412. The molecule has 0 heterocycles. The van der Waals surface area contributed by atoms with Gasteiger partial charge in [-0.2, -0.15) is 0 Å². The second-order valence-electron chi connectivity index (χ2n) is 4.42. The molecule has 0 atom stereocenters. The van der Waals surface area contributed by atoms with Gasteiger partial charge in [0.15, 0.2) is 0 Å². The first-order chi connectivity index (χ1) is 10.1. The molecule has 0 aliphatic carbocycles. The molecule has 0 bridgehead atoms. The zero-order chi connectivity index (χ0) is 15.2. The van der Waals surface area contributed by atoms with E-state index in [0.717, 1.165) is 5.56 Å². The van der Waals surface area contributed by atoms with Crippen molar-refractivity contribution in [3.05, 3.63) is 68.7 Å². The van der Waals surface area contributed by atoms with Gasteiger partial charge in [-0.25, -0.2) is 0 Å². The normalized spacial score (nSPS) is 10.4. The maximum Gasteiger partial charge on any atom is 0.276 e. The van der Waals surface area contributed by atoms with Crippen molar-refractivity contribution in [1.29, 1.82) is 0 Å². The molecule has 1 N–H and O–H groups in total. The van der Waals surface area contributed by atoms with Crippen LogP contribution in [-0.4, -0.2) is 12.0 Å². The van der Waals surface area contributed by atoms with E-state index < -0.39 is 4.92 Å². The summed E-state index contributed by atoms with van der Waals surface area (Å²) in [6.07, 6.45) is 0. The first kappa shape index (κ1) is 15.3. The zero-order valence-corrected chi connectivity index (χ0v) is 12.3. The highest BCUT2D eigenvalue weighted by Crippen LogP contribution is 2.28. The van der Waals surface area contributed by atoms with Crippen molar-refractivity contribution in [2.75, 3.05) is 7.05 Å². The van der Waals surface area contributed by atoms with Crippen LogP contribution in [0.1, 0.15) is 11.1 Å². The Kier molecular flexibility index (Phi) is 5.14. The van der Waals surface area contributed by atoms with Crippen LogP contribution in [0.5, 0.6) is 5.75 Å². The smallest absolute Gasteiger partial charge is 0.276 e. The summed E-state index contributed by atoms with van der Waals surface area (Å²) in [5.74, 6) is 0.620. The highest BCUT2D eigenvalue weighted by atomic mass is 35.5. The average molecular weight is 307 g/mol. The van der Waals surface area contributed by atoms with Crippen LogP contribution in [0.3, 0.4) is 0 Å². The lowest BCUT2D eigenvalue weighted by Crippen LogP contribution is -2.08. The zero-order valence-electron chi connectivity index (χ0n) is 11.5. The fraction of sp³-hybridized carbons (Fsp3) is 0.200. The fourth-order valence-electron chi connectivity index (χ4n) is 1.99. The number of nitro groups is 1. The van der Waals surface area contributed by atoms with Crippen LogP contribution in [0, 0.1) is 10.1 Å². The number of hydrogen-bond acceptors (Lipinski definition) is 4. The van der Waals surface area contributed by atoms with Crippen LogP contribution >= 0.6 is 11.6 Å². The molecule has 6 heteroatoms. The number of benzene rings is 2. The van der Waals surface area contributed by atoms with E-state index in [0.29, 0.717) is 22.9 Å². The van der Waals surface area contributed by atoms with E-state index in [1.54, 1.807) is 36.4 Å². The third-order valence-corrected chi connectivity index (χ3v) is 3.36. The lowest BCUT2D eigenvalue weighted by atomic mass is 10.2. The Hall–Kier alpha value is -2.11. The summed E-state index contributed by atoms with van der Waals surface area (Å²) >= 11 is 6.14. The van der Waals surface area contributed by atoms with Crippen LogP contribution in [-0.2, 0) is 13.2 Å². The molecule has 0 radical (unpaired) electrons. The summed E-state index contributed by atoms with van der Waals surface area (Å²) < 4.78 is 5.72. The molecule has 2 rings (SSSR count). The van der Waals surface area contributed by atoms with Crippen molar-refractivity contribution in [2.45, 2.75) is 13.2 Å². The van der Waals surface area contributed by atoms with Gasteiger partial charge in [0.05, 0.1) is 10.5 Å². The van der Waals surface area contributed by atoms with Gasteiger partial charge in [-0.15, -0.1) is 0 Å². The Morgan fingerprint density at radius 3 is 2.71 bits per heavy atom. The van der Waals surface area contributed by atoms with Gasteiger partial charge in [-0.05, 0) is 25.2 Å². The SMILES string of the molecule is CNCc1c(Cl)cccc1OCc1ccccc1[N+](=O)[O-]. The van der Waals surface area contributed by atoms with Gasteiger partial charge in [-0.3, -0.25) is 10.1 Å². The van der Waals surface area contributed by atoms with Crippen molar-refractivity contribution >= 4 is 17.3 Å². The second kappa shape index (κ2) is 7.06. The number of nitro benzene ring substituents is 1. The Bertz CT molecular complexity index is 647. The molecule has 0 aliphatic heterocycles. The molecular weight excluding hydrogens is 292 g/mol. The van der Waals surface area contributed by atoms with Crippen LogP contribution in [0.2, 0.25) is 5.02 Å². The van der Waals surface area contributed by atoms with E-state index in [1.807, 2.05) is 7.05 Å². The number of halogens is 1. The summed E-state index contributed by atoms with van der Waals surface area (Å²) in [6, 6.07) is 11.9. The molecule has 0 unspecified atom stereocenters. The fourth-order valence-corrected chi connectivity index (χ4v) is 2.22. The van der Waals surface area contributed by atoms with E-state index in [-0.39, 0.29) is 12.3 Å². The number of para-hydroxylation sites is 1. The maximum atomic E-state index is 11.0. The molecule has 0 amide bonds. The van der Waals surface area contributed by atoms with Crippen LogP contribution in [0.15, 0.2) is 42.5 Å². The second-order valence-corrected chi connectivity index (χ2v) is 4.83. The van der Waals surface area contributed by atoms with Crippen molar-refractivity contribution in [3.63, 3.8) is 0 Å². The molecular formula is C15H15ClN2O3. The quantitative estimate of drug-likeness (QED) is 0.655. The molecule has 2 aromatic rings. The van der Waals surface area contributed by atoms with Crippen molar-refractivity contribution in [1.82, 2.24) is 5.32 Å². The first-order valence-electron chi connectivity index (χ1n) is 6.40. The Balaban J connectivity index is 2.21. The molecule has 0 fully saturated rings. The summed E-state index contributed by atoms with van der Waals surface area (Å²) in [5, 5.41) is 14.6. The van der Waals surface area contributed by atoms with Crippen molar-refractivity contribution < 1.29 is 9.66 Å². The van der Waals surface area contributed by atoms with E-state index in [9.17, 15) is 10.1 Å². The standard InChI is InChI=1S/C15H15ClN2O3/c1-17-9-12-13(16)6-4-8-15(12)21-10-11-5-2-3-7-14(11)18(19)20/h2-8,17H,9-10H2,1H3. The average Bonchev–Trinajstić information content (AvgIpc) is 2.48. The molecule has 110 valence electrons. The molecule has 0 saturated carbocycles. The summed E-state index contributed by atoms with van der Waals surface area (Å²) in [4.78, 5) is 10.6. The topological polar surface area (TPSA) is 64.4 Å². The largest absolute Gasteiger partial charge is 0.488 e. The van der Waals surface area contributed by atoms with Gasteiger partial charge in [0.2, 0.25) is 0 Å². The first-order valence-corrected chi connectivity index (χ1v) is 6.78. The van der Waals surface area contributed by atoms with Crippen LogP contribution in [0.25, 0.3) is 0 Å². The highest BCUT2D eigenvalue weighted by molar-refractivity contribution is 6.31. The van der Waals surface area contributed by atoms with Gasteiger partial charge in [-0.1, -0.05) is 29.8 Å². The van der Waals surface area contributed by atoms with Crippen LogP contribution < -0.4 is 10.1 Å².